The van der Waals surface area contributed by atoms with Crippen LogP contribution in [0.15, 0.2) is 41.6 Å². The zero-order valence-electron chi connectivity index (χ0n) is 15.8. The van der Waals surface area contributed by atoms with Crippen molar-refractivity contribution in [2.24, 2.45) is 7.05 Å². The predicted molar refractivity (Wildman–Crippen MR) is 104 cm³/mol. The Hall–Kier alpha value is -2.37. The van der Waals surface area contributed by atoms with Gasteiger partial charge in [-0.05, 0) is 24.3 Å². The number of hydrogen-bond acceptors (Lipinski definition) is 4. The number of aromatic nitrogens is 2. The molecule has 12 heteroatoms. The van der Waals surface area contributed by atoms with Gasteiger partial charge in [0.05, 0.1) is 21.7 Å². The van der Waals surface area contributed by atoms with Crippen LogP contribution in [0.3, 0.4) is 0 Å². The Bertz CT molecular complexity index is 1070. The van der Waals surface area contributed by atoms with Crippen LogP contribution in [0.2, 0.25) is 5.02 Å². The summed E-state index contributed by atoms with van der Waals surface area (Å²) < 4.78 is 67.3. The lowest BCUT2D eigenvalue weighted by molar-refractivity contribution is -0.137. The molecule has 0 aliphatic carbocycles. The summed E-state index contributed by atoms with van der Waals surface area (Å²) in [4.78, 5) is 13.3. The van der Waals surface area contributed by atoms with Crippen LogP contribution < -0.4 is 0 Å². The fraction of sp³-hybridized carbons (Fsp3) is 0.333. The molecule has 0 N–H and O–H groups in total. The van der Waals surface area contributed by atoms with Gasteiger partial charge in [-0.15, -0.1) is 0 Å². The second-order valence-electron chi connectivity index (χ2n) is 6.65. The fourth-order valence-electron chi connectivity index (χ4n) is 2.98. The minimum absolute atomic E-state index is 0.0290. The molecular weight excluding hydrogens is 445 g/mol. The topological polar surface area (TPSA) is 75.5 Å². The number of alkyl halides is 3. The third kappa shape index (κ3) is 4.85. The molecule has 3 rings (SSSR count). The molecule has 30 heavy (non-hydrogen) atoms. The number of carbonyl (C=O) groups is 1. The second kappa shape index (κ2) is 8.40. The maximum absolute atomic E-state index is 13.0. The van der Waals surface area contributed by atoms with Gasteiger partial charge in [-0.3, -0.25) is 9.48 Å². The fourth-order valence-corrected chi connectivity index (χ4v) is 4.65. The second-order valence-corrected chi connectivity index (χ2v) is 8.99. The molecule has 0 bridgehead atoms. The van der Waals surface area contributed by atoms with Crippen molar-refractivity contribution < 1.29 is 26.4 Å². The number of hydrogen-bond donors (Lipinski definition) is 0. The van der Waals surface area contributed by atoms with Gasteiger partial charge in [0.1, 0.15) is 0 Å². The van der Waals surface area contributed by atoms with Crippen molar-refractivity contribution in [3.8, 4) is 0 Å². The lowest BCUT2D eigenvalue weighted by Crippen LogP contribution is -2.50. The Morgan fingerprint density at radius 3 is 2.43 bits per heavy atom. The van der Waals surface area contributed by atoms with E-state index in [9.17, 15) is 26.4 Å². The average Bonchev–Trinajstić information content (AvgIpc) is 3.10. The van der Waals surface area contributed by atoms with E-state index in [0.717, 1.165) is 22.0 Å². The molecular formula is C18H18ClF3N4O3S. The Morgan fingerprint density at radius 1 is 1.20 bits per heavy atom. The van der Waals surface area contributed by atoms with Gasteiger partial charge in [-0.2, -0.15) is 22.6 Å². The largest absolute Gasteiger partial charge is 0.417 e. The summed E-state index contributed by atoms with van der Waals surface area (Å²) in [6, 6.07) is 2.49. The van der Waals surface area contributed by atoms with Crippen LogP contribution in [0.5, 0.6) is 0 Å². The maximum Gasteiger partial charge on any atom is 0.417 e. The molecule has 162 valence electrons. The zero-order valence-corrected chi connectivity index (χ0v) is 17.4. The Balaban J connectivity index is 1.68. The lowest BCUT2D eigenvalue weighted by Gasteiger charge is -2.33. The van der Waals surface area contributed by atoms with Crippen molar-refractivity contribution in [1.29, 1.82) is 0 Å². The van der Waals surface area contributed by atoms with Crippen molar-refractivity contribution in [2.45, 2.75) is 11.1 Å². The molecule has 1 aromatic carbocycles. The standard InChI is InChI=1S/C18H18ClF3N4O3S/c1-24-12-13(11-23-24)2-5-17(27)25-6-8-26(9-7-25)30(28,29)14-3-4-16(19)15(10-14)18(20,21)22/h2-5,10-12H,6-9H2,1H3. The summed E-state index contributed by atoms with van der Waals surface area (Å²) >= 11 is 5.56. The van der Waals surface area contributed by atoms with E-state index in [2.05, 4.69) is 5.10 Å². The predicted octanol–water partition coefficient (Wildman–Crippen LogP) is 2.64. The zero-order chi connectivity index (χ0) is 22.1. The monoisotopic (exact) mass is 462 g/mol. The highest BCUT2D eigenvalue weighted by Gasteiger charge is 2.36. The Morgan fingerprint density at radius 2 is 1.87 bits per heavy atom. The van der Waals surface area contributed by atoms with Crippen LogP contribution in [-0.2, 0) is 28.0 Å². The third-order valence-corrected chi connectivity index (χ3v) is 6.80. The highest BCUT2D eigenvalue weighted by atomic mass is 35.5. The van der Waals surface area contributed by atoms with Crippen LogP contribution in [-0.4, -0.2) is 59.5 Å². The third-order valence-electron chi connectivity index (χ3n) is 4.57. The van der Waals surface area contributed by atoms with Gasteiger partial charge in [-0.25, -0.2) is 8.42 Å². The number of piperazine rings is 1. The molecule has 0 radical (unpaired) electrons. The summed E-state index contributed by atoms with van der Waals surface area (Å²) in [5, 5.41) is 3.42. The van der Waals surface area contributed by atoms with E-state index in [0.29, 0.717) is 6.07 Å². The summed E-state index contributed by atoms with van der Waals surface area (Å²) in [5.74, 6) is -0.290. The maximum atomic E-state index is 13.0. The molecule has 1 aliphatic rings. The summed E-state index contributed by atoms with van der Waals surface area (Å²) in [5.41, 5.74) is -0.463. The Kier molecular flexibility index (Phi) is 6.25. The first-order valence-electron chi connectivity index (χ1n) is 8.81. The van der Waals surface area contributed by atoms with Crippen molar-refractivity contribution in [2.75, 3.05) is 26.2 Å². The normalized spacial score (nSPS) is 16.4. The summed E-state index contributed by atoms with van der Waals surface area (Å²) in [7, 11) is -2.41. The number of amides is 1. The molecule has 1 aromatic heterocycles. The number of rotatable bonds is 4. The molecule has 1 fully saturated rings. The van der Waals surface area contributed by atoms with Crippen LogP contribution in [0.1, 0.15) is 11.1 Å². The molecule has 1 amide bonds. The van der Waals surface area contributed by atoms with Crippen molar-refractivity contribution in [1.82, 2.24) is 19.0 Å². The van der Waals surface area contributed by atoms with E-state index in [-0.39, 0.29) is 32.1 Å². The number of sulfonamides is 1. The van der Waals surface area contributed by atoms with E-state index in [4.69, 9.17) is 11.6 Å². The minimum atomic E-state index is -4.77. The number of aryl methyl sites for hydroxylation is 1. The highest BCUT2D eigenvalue weighted by Crippen LogP contribution is 2.36. The van der Waals surface area contributed by atoms with Gasteiger partial charge >= 0.3 is 6.18 Å². The van der Waals surface area contributed by atoms with E-state index in [1.165, 1.54) is 11.0 Å². The van der Waals surface area contributed by atoms with Gasteiger partial charge in [0.2, 0.25) is 15.9 Å². The van der Waals surface area contributed by atoms with Gasteiger partial charge in [-0.1, -0.05) is 11.6 Å². The van der Waals surface area contributed by atoms with Crippen LogP contribution >= 0.6 is 11.6 Å². The molecule has 0 spiro atoms. The van der Waals surface area contributed by atoms with Crippen LogP contribution in [0, 0.1) is 0 Å². The van der Waals surface area contributed by atoms with Gasteiger partial charge < -0.3 is 4.90 Å². The lowest BCUT2D eigenvalue weighted by atomic mass is 10.2. The molecule has 0 saturated carbocycles. The highest BCUT2D eigenvalue weighted by molar-refractivity contribution is 7.89. The smallest absolute Gasteiger partial charge is 0.337 e. The van der Waals surface area contributed by atoms with E-state index < -0.39 is 31.7 Å². The molecule has 2 heterocycles. The number of halogens is 4. The quantitative estimate of drug-likeness (QED) is 0.655. The van der Waals surface area contributed by atoms with Crippen LogP contribution in [0.4, 0.5) is 13.2 Å². The van der Waals surface area contributed by atoms with Crippen LogP contribution in [0.25, 0.3) is 6.08 Å². The average molecular weight is 463 g/mol. The molecule has 7 nitrogen and oxygen atoms in total. The van der Waals surface area contributed by atoms with Gasteiger partial charge in [0, 0.05) is 51.1 Å². The number of benzene rings is 1. The van der Waals surface area contributed by atoms with E-state index in [1.54, 1.807) is 30.2 Å². The number of carbonyl (C=O) groups excluding carboxylic acids is 1. The van der Waals surface area contributed by atoms with Gasteiger partial charge in [0.25, 0.3) is 0 Å². The summed E-state index contributed by atoms with van der Waals surface area (Å²) in [6.45, 7) is 0.182. The minimum Gasteiger partial charge on any atom is -0.337 e. The summed E-state index contributed by atoms with van der Waals surface area (Å²) in [6.07, 6.45) is 1.53. The van der Waals surface area contributed by atoms with Crippen molar-refractivity contribution in [3.05, 3.63) is 52.8 Å². The van der Waals surface area contributed by atoms with Crippen molar-refractivity contribution in [3.63, 3.8) is 0 Å². The first kappa shape index (κ1) is 22.3. The Labute approximate surface area is 176 Å². The van der Waals surface area contributed by atoms with E-state index in [1.807, 2.05) is 0 Å². The first-order chi connectivity index (χ1) is 14.0. The molecule has 0 atom stereocenters. The first-order valence-corrected chi connectivity index (χ1v) is 10.6. The SMILES string of the molecule is Cn1cc(C=CC(=O)N2CCN(S(=O)(=O)c3ccc(Cl)c(C(F)(F)F)c3)CC2)cn1. The van der Waals surface area contributed by atoms with E-state index >= 15 is 0 Å². The van der Waals surface area contributed by atoms with Gasteiger partial charge in [0.15, 0.2) is 0 Å². The molecule has 2 aromatic rings. The van der Waals surface area contributed by atoms with Crippen molar-refractivity contribution >= 4 is 33.6 Å². The molecule has 1 aliphatic heterocycles. The molecule has 0 unspecified atom stereocenters. The number of nitrogens with zero attached hydrogens (tertiary/aromatic N) is 4. The molecule has 1 saturated heterocycles.